The van der Waals surface area contributed by atoms with Crippen LogP contribution in [-0.4, -0.2) is 79.2 Å². The van der Waals surface area contributed by atoms with Crippen molar-refractivity contribution < 1.29 is 32.7 Å². The number of rotatable bonds is 11. The van der Waals surface area contributed by atoms with Gasteiger partial charge in [-0.3, -0.25) is 14.4 Å². The van der Waals surface area contributed by atoms with Gasteiger partial charge in [-0.25, -0.2) is 22.5 Å². The molecular weight excluding hydrogens is 530 g/mol. The summed E-state index contributed by atoms with van der Waals surface area (Å²) in [4.78, 5) is 54.1. The number of aliphatic imine (C=N–C) groups is 1. The Morgan fingerprint density at radius 2 is 1.72 bits per heavy atom. The normalized spacial score (nSPS) is 15.5. The summed E-state index contributed by atoms with van der Waals surface area (Å²) < 4.78 is 27.1. The molecule has 1 saturated heterocycles. The van der Waals surface area contributed by atoms with Crippen molar-refractivity contribution in [2.24, 2.45) is 16.5 Å². The Balaban J connectivity index is 1.75. The molecule has 0 aliphatic carbocycles. The number of nitrogens with zero attached hydrogens (tertiary/aromatic N) is 2. The van der Waals surface area contributed by atoms with Gasteiger partial charge in [0.15, 0.2) is 12.0 Å². The van der Waals surface area contributed by atoms with E-state index in [9.17, 15) is 32.7 Å². The minimum absolute atomic E-state index is 0.0805. The minimum atomic E-state index is -4.60. The highest BCUT2D eigenvalue weighted by Crippen LogP contribution is 2.22. The van der Waals surface area contributed by atoms with E-state index in [0.717, 1.165) is 0 Å². The summed E-state index contributed by atoms with van der Waals surface area (Å²) in [5.41, 5.74) is 11.0. The molecule has 8 N–H and O–H groups in total. The number of guanidine groups is 1. The van der Waals surface area contributed by atoms with E-state index in [1.807, 2.05) is 0 Å². The highest BCUT2D eigenvalue weighted by atomic mass is 32.2. The fourth-order valence-electron chi connectivity index (χ4n) is 3.90. The molecule has 0 saturated carbocycles. The lowest BCUT2D eigenvalue weighted by Gasteiger charge is -2.30. The maximum atomic E-state index is 13.4. The third-order valence-electron chi connectivity index (χ3n) is 5.74. The molecule has 1 heterocycles. The third kappa shape index (κ3) is 7.30. The molecule has 1 aliphatic heterocycles. The molecule has 3 rings (SSSR count). The van der Waals surface area contributed by atoms with Gasteiger partial charge < -0.3 is 32.5 Å². The number of carbonyl (C=O) groups excluding carboxylic acids is 3. The second-order valence-electron chi connectivity index (χ2n) is 8.50. The van der Waals surface area contributed by atoms with Crippen molar-refractivity contribution in [3.05, 3.63) is 60.2 Å². The van der Waals surface area contributed by atoms with Gasteiger partial charge in [-0.2, -0.15) is 0 Å². The Hall–Kier alpha value is -4.50. The zero-order valence-electron chi connectivity index (χ0n) is 20.7. The van der Waals surface area contributed by atoms with Crippen molar-refractivity contribution in [3.63, 3.8) is 0 Å². The molecule has 208 valence electrons. The van der Waals surface area contributed by atoms with Crippen LogP contribution in [0.4, 0.5) is 5.69 Å². The number of sulfonamides is 1. The molecule has 2 aromatic carbocycles. The zero-order valence-corrected chi connectivity index (χ0v) is 21.6. The number of hydrogen-bond donors (Lipinski definition) is 6. The molecule has 0 aromatic heterocycles. The summed E-state index contributed by atoms with van der Waals surface area (Å²) >= 11 is 0. The van der Waals surface area contributed by atoms with E-state index < -0.39 is 58.9 Å². The molecule has 39 heavy (non-hydrogen) atoms. The largest absolute Gasteiger partial charge is 0.480 e. The first kappa shape index (κ1) is 29.1. The molecule has 0 bridgehead atoms. The van der Waals surface area contributed by atoms with Crippen LogP contribution in [0.3, 0.4) is 0 Å². The number of carbonyl (C=O) groups is 4. The number of nitrogens with one attached hydrogen (secondary N) is 3. The van der Waals surface area contributed by atoms with Crippen LogP contribution in [0.5, 0.6) is 0 Å². The summed E-state index contributed by atoms with van der Waals surface area (Å²) in [6.07, 6.45) is 0.932. The van der Waals surface area contributed by atoms with Gasteiger partial charge in [0, 0.05) is 0 Å². The number of aliphatic carboxylic acids is 1. The molecule has 1 fully saturated rings. The first-order valence-corrected chi connectivity index (χ1v) is 13.3. The fraction of sp³-hybridized carbons (Fsp3) is 0.292. The Kier molecular flexibility index (Phi) is 9.57. The van der Waals surface area contributed by atoms with Gasteiger partial charge >= 0.3 is 5.97 Å². The van der Waals surface area contributed by atoms with Crippen LogP contribution in [0.1, 0.15) is 23.2 Å². The van der Waals surface area contributed by atoms with Crippen molar-refractivity contribution in [3.8, 4) is 0 Å². The van der Waals surface area contributed by atoms with Crippen molar-refractivity contribution in [1.29, 1.82) is 0 Å². The Labute approximate surface area is 224 Å². The van der Waals surface area contributed by atoms with Crippen LogP contribution in [0.2, 0.25) is 0 Å². The van der Waals surface area contributed by atoms with Gasteiger partial charge in [-0.15, -0.1) is 0 Å². The first-order chi connectivity index (χ1) is 18.5. The molecule has 15 heteroatoms. The van der Waals surface area contributed by atoms with Crippen LogP contribution in [0.25, 0.3) is 0 Å². The van der Waals surface area contributed by atoms with Gasteiger partial charge in [-0.1, -0.05) is 30.3 Å². The number of benzene rings is 2. The van der Waals surface area contributed by atoms with Crippen LogP contribution in [0, 0.1) is 0 Å². The Morgan fingerprint density at radius 3 is 2.33 bits per heavy atom. The monoisotopic (exact) mass is 559 g/mol. The van der Waals surface area contributed by atoms with Gasteiger partial charge in [0.25, 0.3) is 21.8 Å². The van der Waals surface area contributed by atoms with Crippen molar-refractivity contribution in [2.45, 2.75) is 29.8 Å². The van der Waals surface area contributed by atoms with Crippen LogP contribution >= 0.6 is 0 Å². The summed E-state index contributed by atoms with van der Waals surface area (Å²) in [5, 5.41) is 17.4. The molecule has 0 spiro atoms. The first-order valence-electron chi connectivity index (χ1n) is 11.9. The van der Waals surface area contributed by atoms with E-state index in [2.05, 4.69) is 20.9 Å². The van der Waals surface area contributed by atoms with Crippen LogP contribution < -0.4 is 27.4 Å². The highest BCUT2D eigenvalue weighted by molar-refractivity contribution is 7.89. The van der Waals surface area contributed by atoms with E-state index in [1.54, 1.807) is 18.2 Å². The van der Waals surface area contributed by atoms with Gasteiger partial charge in [-0.05, 0) is 43.7 Å². The van der Waals surface area contributed by atoms with E-state index >= 15 is 0 Å². The van der Waals surface area contributed by atoms with Crippen molar-refractivity contribution in [1.82, 2.24) is 20.3 Å². The molecule has 3 amide bonds. The third-order valence-corrected chi connectivity index (χ3v) is 7.56. The number of carboxylic acid groups (broad SMARTS) is 1. The molecular formula is C24H29N7O7S. The summed E-state index contributed by atoms with van der Waals surface area (Å²) in [5.74, 6) is -4.36. The molecule has 1 aliphatic rings. The van der Waals surface area contributed by atoms with Crippen molar-refractivity contribution >= 4 is 45.4 Å². The maximum Gasteiger partial charge on any atom is 0.329 e. The molecule has 2 atom stereocenters. The lowest BCUT2D eigenvalue weighted by atomic mass is 10.1. The lowest BCUT2D eigenvalue weighted by molar-refractivity contribution is -0.146. The van der Waals surface area contributed by atoms with Crippen molar-refractivity contribution in [2.75, 3.05) is 19.6 Å². The second-order valence-corrected chi connectivity index (χ2v) is 10.3. The SMILES string of the molecule is NC(N)=Nc1ccccc1C(=O)NCC(=O)NC[C@@H](C(=O)O)N(C(=O)[C@@H]1CCCN1)S(=O)(=O)c1ccccc1. The predicted molar refractivity (Wildman–Crippen MR) is 140 cm³/mol. The van der Waals surface area contributed by atoms with E-state index in [-0.39, 0.29) is 22.1 Å². The fourth-order valence-corrected chi connectivity index (χ4v) is 5.49. The van der Waals surface area contributed by atoms with E-state index in [0.29, 0.717) is 23.7 Å². The zero-order chi connectivity index (χ0) is 28.6. The van der Waals surface area contributed by atoms with Gasteiger partial charge in [0.2, 0.25) is 5.91 Å². The number of amides is 3. The Bertz CT molecular complexity index is 1360. The maximum absolute atomic E-state index is 13.4. The quantitative estimate of drug-likeness (QED) is 0.143. The number of carboxylic acids is 1. The van der Waals surface area contributed by atoms with Crippen LogP contribution in [0.15, 0.2) is 64.5 Å². The minimum Gasteiger partial charge on any atom is -0.480 e. The summed E-state index contributed by atoms with van der Waals surface area (Å²) in [6, 6.07) is 10.2. The number of nitrogens with two attached hydrogens (primary N) is 2. The molecule has 0 radical (unpaired) electrons. The predicted octanol–water partition coefficient (Wildman–Crippen LogP) is -1.14. The summed E-state index contributed by atoms with van der Waals surface area (Å²) in [7, 11) is -4.60. The molecule has 2 aromatic rings. The topological polar surface area (TPSA) is 226 Å². The molecule has 0 unspecified atom stereocenters. The van der Waals surface area contributed by atoms with Gasteiger partial charge in [0.1, 0.15) is 0 Å². The van der Waals surface area contributed by atoms with Gasteiger partial charge in [0.05, 0.1) is 35.3 Å². The smallest absolute Gasteiger partial charge is 0.329 e. The molecule has 14 nitrogen and oxygen atoms in total. The Morgan fingerprint density at radius 1 is 1.05 bits per heavy atom. The number of hydrogen-bond acceptors (Lipinski definition) is 8. The van der Waals surface area contributed by atoms with E-state index in [4.69, 9.17) is 11.5 Å². The summed E-state index contributed by atoms with van der Waals surface area (Å²) in [6.45, 7) is -0.847. The number of para-hydroxylation sites is 1. The lowest BCUT2D eigenvalue weighted by Crippen LogP contribution is -2.57. The highest BCUT2D eigenvalue weighted by Gasteiger charge is 2.43. The second kappa shape index (κ2) is 12.8. The van der Waals surface area contributed by atoms with E-state index in [1.165, 1.54) is 36.4 Å². The average Bonchev–Trinajstić information content (AvgIpc) is 3.45. The van der Waals surface area contributed by atoms with Crippen LogP contribution in [-0.2, 0) is 24.4 Å². The standard InChI is InChI=1S/C24H29N7O7S/c25-24(26)30-17-10-5-4-9-16(17)21(33)29-14-20(32)28-13-19(23(35)36)31(22(34)18-11-6-12-27-18)39(37,38)15-7-2-1-3-8-15/h1-5,7-10,18-19,27H,6,11-14H2,(H,28,32)(H,29,33)(H,35,36)(H4,25,26,30)/t18-,19-/m0/s1. The average molecular weight is 560 g/mol.